The Morgan fingerprint density at radius 3 is 2.40 bits per heavy atom. The lowest BCUT2D eigenvalue weighted by Crippen LogP contribution is -2.15. The summed E-state index contributed by atoms with van der Waals surface area (Å²) in [4.78, 5) is 0. The Morgan fingerprint density at radius 1 is 1.13 bits per heavy atom. The number of rotatable bonds is 2. The Balaban J connectivity index is 2.04. The summed E-state index contributed by atoms with van der Waals surface area (Å²) in [6.45, 7) is 0. The van der Waals surface area contributed by atoms with Crippen LogP contribution in [0.2, 0.25) is 0 Å². The summed E-state index contributed by atoms with van der Waals surface area (Å²) in [6, 6.07) is 7.22. The molecule has 0 aliphatic heterocycles. The van der Waals surface area contributed by atoms with Crippen LogP contribution in [0.15, 0.2) is 24.3 Å². The minimum Gasteiger partial charge on any atom is -0.207 e. The second kappa shape index (κ2) is 5.11. The summed E-state index contributed by atoms with van der Waals surface area (Å²) >= 11 is 3.53. The third-order valence-electron chi connectivity index (χ3n) is 3.41. The molecular weight excluding hydrogens is 255 g/mol. The van der Waals surface area contributed by atoms with E-state index in [-0.39, 0.29) is 5.82 Å². The number of benzene rings is 1. The second-order valence-electron chi connectivity index (χ2n) is 4.39. The zero-order chi connectivity index (χ0) is 10.7. The van der Waals surface area contributed by atoms with E-state index in [9.17, 15) is 4.39 Å². The molecule has 1 aromatic rings. The van der Waals surface area contributed by atoms with Gasteiger partial charge in [-0.05, 0) is 49.1 Å². The van der Waals surface area contributed by atoms with Gasteiger partial charge in [0.15, 0.2) is 0 Å². The largest absolute Gasteiger partial charge is 0.207 e. The van der Waals surface area contributed by atoms with E-state index in [0.717, 1.165) is 29.7 Å². The third-order valence-corrected chi connectivity index (χ3v) is 4.33. The number of hydrogen-bond acceptors (Lipinski definition) is 0. The van der Waals surface area contributed by atoms with E-state index in [1.807, 2.05) is 12.1 Å². The van der Waals surface area contributed by atoms with Crippen LogP contribution in [0, 0.1) is 11.7 Å². The van der Waals surface area contributed by atoms with Gasteiger partial charge in [0, 0.05) is 5.33 Å². The van der Waals surface area contributed by atoms with Gasteiger partial charge >= 0.3 is 0 Å². The first-order valence-electron chi connectivity index (χ1n) is 5.61. The third kappa shape index (κ3) is 2.60. The molecule has 2 rings (SSSR count). The number of halogens is 2. The molecule has 1 aliphatic carbocycles. The molecule has 0 heterocycles. The minimum absolute atomic E-state index is 0.0280. The van der Waals surface area contributed by atoms with Crippen molar-refractivity contribution < 1.29 is 4.39 Å². The smallest absolute Gasteiger partial charge is 0.126 e. The van der Waals surface area contributed by atoms with Crippen molar-refractivity contribution in [3.8, 4) is 0 Å². The normalized spacial score (nSPS) is 26.5. The standard InChI is InChI=1S/C13H16BrF/c14-9-10-5-7-11(8-6-10)12-3-1-2-4-13(12)15/h1-4,10-11H,5-9H2. The first kappa shape index (κ1) is 11.1. The fraction of sp³-hybridized carbons (Fsp3) is 0.538. The van der Waals surface area contributed by atoms with Gasteiger partial charge in [-0.1, -0.05) is 34.1 Å². The van der Waals surface area contributed by atoms with Crippen molar-refractivity contribution in [1.29, 1.82) is 0 Å². The van der Waals surface area contributed by atoms with Gasteiger partial charge in [0.2, 0.25) is 0 Å². The maximum atomic E-state index is 13.5. The molecule has 0 spiro atoms. The van der Waals surface area contributed by atoms with Gasteiger partial charge in [-0.2, -0.15) is 0 Å². The first-order chi connectivity index (χ1) is 7.31. The van der Waals surface area contributed by atoms with Crippen molar-refractivity contribution in [2.45, 2.75) is 31.6 Å². The molecule has 1 aliphatic rings. The minimum atomic E-state index is -0.0280. The van der Waals surface area contributed by atoms with Crippen LogP contribution < -0.4 is 0 Å². The maximum Gasteiger partial charge on any atom is 0.126 e. The zero-order valence-electron chi connectivity index (χ0n) is 8.76. The summed E-state index contributed by atoms with van der Waals surface area (Å²) in [6.07, 6.45) is 4.73. The van der Waals surface area contributed by atoms with Gasteiger partial charge in [-0.15, -0.1) is 0 Å². The monoisotopic (exact) mass is 270 g/mol. The summed E-state index contributed by atoms with van der Waals surface area (Å²) in [5.74, 6) is 1.22. The van der Waals surface area contributed by atoms with Crippen LogP contribution in [0.5, 0.6) is 0 Å². The van der Waals surface area contributed by atoms with Crippen molar-refractivity contribution in [1.82, 2.24) is 0 Å². The predicted molar refractivity (Wildman–Crippen MR) is 64.9 cm³/mol. The molecule has 1 fully saturated rings. The van der Waals surface area contributed by atoms with Crippen LogP contribution in [-0.2, 0) is 0 Å². The van der Waals surface area contributed by atoms with Gasteiger partial charge in [-0.3, -0.25) is 0 Å². The highest BCUT2D eigenvalue weighted by atomic mass is 79.9. The summed E-state index contributed by atoms with van der Waals surface area (Å²) in [5.41, 5.74) is 0.922. The molecule has 0 nitrogen and oxygen atoms in total. The number of alkyl halides is 1. The lowest BCUT2D eigenvalue weighted by molar-refractivity contribution is 0.348. The molecule has 1 aromatic carbocycles. The average molecular weight is 271 g/mol. The fourth-order valence-electron chi connectivity index (χ4n) is 2.43. The van der Waals surface area contributed by atoms with E-state index >= 15 is 0 Å². The summed E-state index contributed by atoms with van der Waals surface area (Å²) < 4.78 is 13.5. The quantitative estimate of drug-likeness (QED) is 0.695. The van der Waals surface area contributed by atoms with Crippen LogP contribution in [-0.4, -0.2) is 5.33 Å². The van der Waals surface area contributed by atoms with Gasteiger partial charge in [0.1, 0.15) is 5.82 Å². The molecule has 0 atom stereocenters. The van der Waals surface area contributed by atoms with E-state index in [1.54, 1.807) is 12.1 Å². The molecule has 2 heteroatoms. The summed E-state index contributed by atoms with van der Waals surface area (Å²) in [7, 11) is 0. The Bertz CT molecular complexity index is 316. The second-order valence-corrected chi connectivity index (χ2v) is 5.04. The molecule has 82 valence electrons. The highest BCUT2D eigenvalue weighted by molar-refractivity contribution is 9.09. The van der Waals surface area contributed by atoms with Crippen molar-refractivity contribution >= 4 is 15.9 Å². The van der Waals surface area contributed by atoms with Gasteiger partial charge < -0.3 is 0 Å². The molecule has 0 radical (unpaired) electrons. The van der Waals surface area contributed by atoms with Crippen LogP contribution in [0.1, 0.15) is 37.2 Å². The highest BCUT2D eigenvalue weighted by Gasteiger charge is 2.23. The fourth-order valence-corrected chi connectivity index (χ4v) is 3.08. The van der Waals surface area contributed by atoms with E-state index in [0.29, 0.717) is 5.92 Å². The SMILES string of the molecule is Fc1ccccc1C1CCC(CBr)CC1. The Hall–Kier alpha value is -0.370. The Morgan fingerprint density at radius 2 is 1.80 bits per heavy atom. The molecule has 1 saturated carbocycles. The van der Waals surface area contributed by atoms with Crippen molar-refractivity contribution in [3.05, 3.63) is 35.6 Å². The molecule has 0 amide bonds. The molecule has 0 saturated heterocycles. The molecule has 0 aromatic heterocycles. The average Bonchev–Trinajstić information content (AvgIpc) is 2.30. The first-order valence-corrected chi connectivity index (χ1v) is 6.73. The molecule has 0 N–H and O–H groups in total. The summed E-state index contributed by atoms with van der Waals surface area (Å²) in [5, 5.41) is 1.09. The lowest BCUT2D eigenvalue weighted by Gasteiger charge is -2.27. The zero-order valence-corrected chi connectivity index (χ0v) is 10.3. The molecular formula is C13H16BrF. The molecule has 0 unspecified atom stereocenters. The van der Waals surface area contributed by atoms with Gasteiger partial charge in [0.05, 0.1) is 0 Å². The van der Waals surface area contributed by atoms with E-state index in [1.165, 1.54) is 12.8 Å². The molecule has 0 bridgehead atoms. The van der Waals surface area contributed by atoms with E-state index < -0.39 is 0 Å². The molecule has 15 heavy (non-hydrogen) atoms. The number of hydrogen-bond donors (Lipinski definition) is 0. The van der Waals surface area contributed by atoms with E-state index in [2.05, 4.69) is 15.9 Å². The van der Waals surface area contributed by atoms with Crippen LogP contribution >= 0.6 is 15.9 Å². The van der Waals surface area contributed by atoms with Crippen molar-refractivity contribution in [2.24, 2.45) is 5.92 Å². The van der Waals surface area contributed by atoms with Crippen LogP contribution in [0.4, 0.5) is 4.39 Å². The van der Waals surface area contributed by atoms with Gasteiger partial charge in [-0.25, -0.2) is 4.39 Å². The van der Waals surface area contributed by atoms with Crippen LogP contribution in [0.25, 0.3) is 0 Å². The van der Waals surface area contributed by atoms with E-state index in [4.69, 9.17) is 0 Å². The lowest BCUT2D eigenvalue weighted by atomic mass is 9.79. The topological polar surface area (TPSA) is 0 Å². The van der Waals surface area contributed by atoms with Crippen LogP contribution in [0.3, 0.4) is 0 Å². The van der Waals surface area contributed by atoms with Gasteiger partial charge in [0.25, 0.3) is 0 Å². The van der Waals surface area contributed by atoms with Crippen molar-refractivity contribution in [2.75, 3.05) is 5.33 Å². The maximum absolute atomic E-state index is 13.5. The Labute approximate surface area is 99.0 Å². The highest BCUT2D eigenvalue weighted by Crippen LogP contribution is 2.37. The Kier molecular flexibility index (Phi) is 3.79. The predicted octanol–water partition coefficient (Wildman–Crippen LogP) is 4.49. The van der Waals surface area contributed by atoms with Crippen molar-refractivity contribution in [3.63, 3.8) is 0 Å².